The smallest absolute Gasteiger partial charge is 0.269 e. The topological polar surface area (TPSA) is 72.2 Å². The number of amides is 1. The second kappa shape index (κ2) is 6.34. The molecule has 1 rings (SSSR count). The molecular formula is C11H13BrN2O3. The number of non-ortho nitro benzene ring substituents is 1. The number of hydrogen-bond acceptors (Lipinski definition) is 3. The summed E-state index contributed by atoms with van der Waals surface area (Å²) < 4.78 is 0. The number of carbonyl (C=O) groups excluding carboxylic acids is 1. The number of nitro groups is 1. The summed E-state index contributed by atoms with van der Waals surface area (Å²) in [6, 6.07) is 6.22. The molecule has 0 aliphatic heterocycles. The van der Waals surface area contributed by atoms with Gasteiger partial charge in [-0.2, -0.15) is 0 Å². The van der Waals surface area contributed by atoms with Gasteiger partial charge >= 0.3 is 0 Å². The van der Waals surface area contributed by atoms with E-state index in [2.05, 4.69) is 21.2 Å². The maximum Gasteiger partial charge on any atom is 0.269 e. The first-order valence-electron chi connectivity index (χ1n) is 5.19. The minimum atomic E-state index is -0.454. The summed E-state index contributed by atoms with van der Waals surface area (Å²) >= 11 is 3.23. The van der Waals surface area contributed by atoms with E-state index in [1.54, 1.807) is 12.1 Å². The fourth-order valence-corrected chi connectivity index (χ4v) is 1.43. The molecule has 0 aliphatic rings. The van der Waals surface area contributed by atoms with Crippen molar-refractivity contribution in [1.29, 1.82) is 0 Å². The van der Waals surface area contributed by atoms with Crippen LogP contribution in [0.2, 0.25) is 0 Å². The number of benzene rings is 1. The zero-order valence-electron chi connectivity index (χ0n) is 9.35. The highest BCUT2D eigenvalue weighted by atomic mass is 79.9. The first-order chi connectivity index (χ1) is 8.04. The maximum atomic E-state index is 11.5. The van der Waals surface area contributed by atoms with Crippen molar-refractivity contribution in [3.63, 3.8) is 0 Å². The average molecular weight is 301 g/mol. The molecule has 1 aromatic rings. The van der Waals surface area contributed by atoms with Crippen molar-refractivity contribution >= 4 is 27.5 Å². The molecule has 1 aromatic carbocycles. The highest BCUT2D eigenvalue weighted by Gasteiger charge is 2.12. The summed E-state index contributed by atoms with van der Waals surface area (Å²) in [6.45, 7) is 2.19. The molecule has 1 N–H and O–H groups in total. The molecule has 0 bridgehead atoms. The summed E-state index contributed by atoms with van der Waals surface area (Å²) in [5, 5.41) is 13.3. The summed E-state index contributed by atoms with van der Waals surface area (Å²) in [4.78, 5) is 21.4. The molecule has 0 saturated heterocycles. The van der Waals surface area contributed by atoms with Crippen LogP contribution in [0.3, 0.4) is 0 Å². The van der Waals surface area contributed by atoms with Gasteiger partial charge in [-0.1, -0.05) is 35.0 Å². The SMILES string of the molecule is CCC(Br)C(=O)NCc1cccc([N+](=O)[O-])c1. The molecule has 92 valence electrons. The van der Waals surface area contributed by atoms with E-state index in [9.17, 15) is 14.9 Å². The molecule has 0 heterocycles. The second-order valence-electron chi connectivity index (χ2n) is 3.52. The minimum Gasteiger partial charge on any atom is -0.351 e. The third-order valence-electron chi connectivity index (χ3n) is 2.23. The van der Waals surface area contributed by atoms with Gasteiger partial charge < -0.3 is 5.32 Å². The van der Waals surface area contributed by atoms with Crippen LogP contribution in [-0.4, -0.2) is 15.7 Å². The third kappa shape index (κ3) is 4.14. The van der Waals surface area contributed by atoms with Gasteiger partial charge in [-0.05, 0) is 12.0 Å². The van der Waals surface area contributed by atoms with Crippen LogP contribution in [0.25, 0.3) is 0 Å². The molecule has 1 unspecified atom stereocenters. The summed E-state index contributed by atoms with van der Waals surface area (Å²) in [7, 11) is 0. The van der Waals surface area contributed by atoms with Crippen molar-refractivity contribution in [1.82, 2.24) is 5.32 Å². The molecule has 0 radical (unpaired) electrons. The van der Waals surface area contributed by atoms with E-state index in [0.29, 0.717) is 18.5 Å². The molecule has 6 heteroatoms. The van der Waals surface area contributed by atoms with E-state index in [1.165, 1.54) is 12.1 Å². The van der Waals surface area contributed by atoms with Crippen molar-refractivity contribution in [3.05, 3.63) is 39.9 Å². The largest absolute Gasteiger partial charge is 0.351 e. The third-order valence-corrected chi connectivity index (χ3v) is 3.29. The van der Waals surface area contributed by atoms with Crippen molar-refractivity contribution in [2.45, 2.75) is 24.7 Å². The van der Waals surface area contributed by atoms with Gasteiger partial charge in [0.2, 0.25) is 5.91 Å². The predicted octanol–water partition coefficient (Wildman–Crippen LogP) is 2.38. The predicted molar refractivity (Wildman–Crippen MR) is 67.9 cm³/mol. The zero-order valence-corrected chi connectivity index (χ0v) is 10.9. The Morgan fingerprint density at radius 3 is 2.88 bits per heavy atom. The molecule has 17 heavy (non-hydrogen) atoms. The summed E-state index contributed by atoms with van der Waals surface area (Å²) in [5.74, 6) is -0.112. The van der Waals surface area contributed by atoms with Gasteiger partial charge in [0.1, 0.15) is 0 Å². The number of nitrogens with one attached hydrogen (secondary N) is 1. The Kier molecular flexibility index (Phi) is 5.09. The molecular weight excluding hydrogens is 288 g/mol. The Morgan fingerprint density at radius 2 is 2.29 bits per heavy atom. The van der Waals surface area contributed by atoms with Crippen LogP contribution in [0, 0.1) is 10.1 Å². The first kappa shape index (κ1) is 13.6. The quantitative estimate of drug-likeness (QED) is 0.515. The lowest BCUT2D eigenvalue weighted by Gasteiger charge is -2.08. The monoisotopic (exact) mass is 300 g/mol. The van der Waals surface area contributed by atoms with Crippen molar-refractivity contribution in [3.8, 4) is 0 Å². The Morgan fingerprint density at radius 1 is 1.59 bits per heavy atom. The average Bonchev–Trinajstić information content (AvgIpc) is 2.35. The zero-order chi connectivity index (χ0) is 12.8. The van der Waals surface area contributed by atoms with Gasteiger partial charge in [-0.3, -0.25) is 14.9 Å². The molecule has 5 nitrogen and oxygen atoms in total. The van der Waals surface area contributed by atoms with Gasteiger partial charge in [0.15, 0.2) is 0 Å². The fraction of sp³-hybridized carbons (Fsp3) is 0.364. The van der Waals surface area contributed by atoms with Crippen molar-refractivity contribution in [2.24, 2.45) is 0 Å². The Labute approximate surface area is 107 Å². The van der Waals surface area contributed by atoms with Crippen LogP contribution < -0.4 is 5.32 Å². The Bertz CT molecular complexity index is 423. The lowest BCUT2D eigenvalue weighted by molar-refractivity contribution is -0.384. The molecule has 1 amide bonds. The van der Waals surface area contributed by atoms with Crippen molar-refractivity contribution < 1.29 is 9.72 Å². The molecule has 0 fully saturated rings. The van der Waals surface area contributed by atoms with E-state index in [0.717, 1.165) is 0 Å². The van der Waals surface area contributed by atoms with E-state index in [-0.39, 0.29) is 16.4 Å². The van der Waals surface area contributed by atoms with Crippen LogP contribution in [0.5, 0.6) is 0 Å². The normalized spacial score (nSPS) is 11.9. The van der Waals surface area contributed by atoms with Crippen LogP contribution in [-0.2, 0) is 11.3 Å². The van der Waals surface area contributed by atoms with Gasteiger partial charge in [0.05, 0.1) is 9.75 Å². The number of nitro benzene ring substituents is 1. The number of carbonyl (C=O) groups is 1. The standard InChI is InChI=1S/C11H13BrN2O3/c1-2-10(12)11(15)13-7-8-4-3-5-9(6-8)14(16)17/h3-6,10H,2,7H2,1H3,(H,13,15). The van der Waals surface area contributed by atoms with Crippen LogP contribution in [0.4, 0.5) is 5.69 Å². The summed E-state index contributed by atoms with van der Waals surface area (Å²) in [6.07, 6.45) is 0.695. The number of halogens is 1. The lowest BCUT2D eigenvalue weighted by Crippen LogP contribution is -2.30. The van der Waals surface area contributed by atoms with Crippen molar-refractivity contribution in [2.75, 3.05) is 0 Å². The van der Waals surface area contributed by atoms with E-state index in [4.69, 9.17) is 0 Å². The van der Waals surface area contributed by atoms with Gasteiger partial charge in [-0.15, -0.1) is 0 Å². The Hall–Kier alpha value is -1.43. The Balaban J connectivity index is 2.60. The molecule has 0 spiro atoms. The number of alkyl halides is 1. The molecule has 0 saturated carbocycles. The maximum absolute atomic E-state index is 11.5. The van der Waals surface area contributed by atoms with E-state index >= 15 is 0 Å². The van der Waals surface area contributed by atoms with Crippen LogP contribution in [0.15, 0.2) is 24.3 Å². The number of nitrogens with zero attached hydrogens (tertiary/aromatic N) is 1. The number of hydrogen-bond donors (Lipinski definition) is 1. The second-order valence-corrected chi connectivity index (χ2v) is 4.63. The molecule has 0 aromatic heterocycles. The first-order valence-corrected chi connectivity index (χ1v) is 6.11. The molecule has 1 atom stereocenters. The van der Waals surface area contributed by atoms with Crippen LogP contribution >= 0.6 is 15.9 Å². The summed E-state index contributed by atoms with van der Waals surface area (Å²) in [5.41, 5.74) is 0.742. The highest BCUT2D eigenvalue weighted by molar-refractivity contribution is 9.10. The van der Waals surface area contributed by atoms with Gasteiger partial charge in [-0.25, -0.2) is 0 Å². The van der Waals surface area contributed by atoms with E-state index in [1.807, 2.05) is 6.92 Å². The van der Waals surface area contributed by atoms with Gasteiger partial charge in [0, 0.05) is 18.7 Å². The fourth-order valence-electron chi connectivity index (χ4n) is 1.27. The number of rotatable bonds is 5. The van der Waals surface area contributed by atoms with Gasteiger partial charge in [0.25, 0.3) is 5.69 Å². The lowest BCUT2D eigenvalue weighted by atomic mass is 10.2. The molecule has 0 aliphatic carbocycles. The van der Waals surface area contributed by atoms with E-state index < -0.39 is 4.92 Å². The van der Waals surface area contributed by atoms with Crippen LogP contribution in [0.1, 0.15) is 18.9 Å². The minimum absolute atomic E-state index is 0.0302. The highest BCUT2D eigenvalue weighted by Crippen LogP contribution is 2.13.